The molecule has 1 atom stereocenters. The van der Waals surface area contributed by atoms with E-state index in [-0.39, 0.29) is 17.6 Å². The Balaban J connectivity index is 2.29. The van der Waals surface area contributed by atoms with Gasteiger partial charge in [-0.15, -0.1) is 0 Å². The second-order valence-corrected chi connectivity index (χ2v) is 7.26. The van der Waals surface area contributed by atoms with Crippen LogP contribution in [0.4, 0.5) is 0 Å². The molecule has 0 spiro atoms. The molecule has 1 saturated heterocycles. The van der Waals surface area contributed by atoms with Gasteiger partial charge in [0.25, 0.3) is 0 Å². The summed E-state index contributed by atoms with van der Waals surface area (Å²) in [5.41, 5.74) is 1.30. The van der Waals surface area contributed by atoms with E-state index >= 15 is 0 Å². The summed E-state index contributed by atoms with van der Waals surface area (Å²) in [5, 5.41) is 9.22. The molecule has 0 saturated carbocycles. The molecule has 1 N–H and O–H groups in total. The van der Waals surface area contributed by atoms with Gasteiger partial charge in [0.2, 0.25) is 10.0 Å². The van der Waals surface area contributed by atoms with E-state index in [0.717, 1.165) is 12.8 Å². The van der Waals surface area contributed by atoms with Crippen LogP contribution in [0, 0.1) is 6.92 Å². The fourth-order valence-electron chi connectivity index (χ4n) is 2.57. The van der Waals surface area contributed by atoms with Gasteiger partial charge in [-0.05, 0) is 37.0 Å². The summed E-state index contributed by atoms with van der Waals surface area (Å²) in [5.74, 6) is 0. The van der Waals surface area contributed by atoms with E-state index < -0.39 is 10.0 Å². The van der Waals surface area contributed by atoms with Gasteiger partial charge >= 0.3 is 0 Å². The maximum Gasteiger partial charge on any atom is 0.243 e. The minimum atomic E-state index is -3.56. The average molecular weight is 313 g/mol. The maximum atomic E-state index is 12.8. The molecule has 21 heavy (non-hydrogen) atoms. The normalized spacial score (nSPS) is 19.3. The largest absolute Gasteiger partial charge is 0.392 e. The maximum absolute atomic E-state index is 12.8. The molecule has 0 aliphatic carbocycles. The number of aliphatic hydroxyl groups is 1. The molecule has 5 nitrogen and oxygen atoms in total. The number of likely N-dealkylation sites (N-methyl/N-ethyl adjacent to an activating group) is 1. The third-order valence-corrected chi connectivity index (χ3v) is 5.92. The molecular weight excluding hydrogens is 290 g/mol. The van der Waals surface area contributed by atoms with Crippen molar-refractivity contribution in [3.8, 4) is 0 Å². The van der Waals surface area contributed by atoms with Gasteiger partial charge in [-0.3, -0.25) is 0 Å². The van der Waals surface area contributed by atoms with Crippen molar-refractivity contribution in [2.45, 2.75) is 44.3 Å². The summed E-state index contributed by atoms with van der Waals surface area (Å²) < 4.78 is 32.7. The first kappa shape index (κ1) is 16.4. The van der Waals surface area contributed by atoms with Crippen LogP contribution in [0.25, 0.3) is 0 Å². The summed E-state index contributed by atoms with van der Waals surface area (Å²) in [6, 6.07) is 5.03. The number of hydrogen-bond donors (Lipinski definition) is 1. The highest BCUT2D eigenvalue weighted by atomic mass is 32.2. The standard InChI is InChI=1S/C15H23NO4S/c1-3-16(10-14-5-4-8-20-14)21(18,19)15-9-13(11-17)7-6-12(15)2/h6-7,9,14,17H,3-5,8,10-11H2,1-2H3. The second-order valence-electron chi connectivity index (χ2n) is 5.35. The van der Waals surface area contributed by atoms with Gasteiger partial charge in [-0.1, -0.05) is 19.1 Å². The number of ether oxygens (including phenoxy) is 1. The van der Waals surface area contributed by atoms with Gasteiger partial charge in [0.15, 0.2) is 0 Å². The monoisotopic (exact) mass is 313 g/mol. The van der Waals surface area contributed by atoms with Crippen LogP contribution in [0.15, 0.2) is 23.1 Å². The minimum Gasteiger partial charge on any atom is -0.392 e. The van der Waals surface area contributed by atoms with E-state index in [2.05, 4.69) is 0 Å². The topological polar surface area (TPSA) is 66.8 Å². The number of aryl methyl sites for hydroxylation is 1. The fourth-order valence-corrected chi connectivity index (χ4v) is 4.33. The summed E-state index contributed by atoms with van der Waals surface area (Å²) >= 11 is 0. The van der Waals surface area contributed by atoms with E-state index in [1.54, 1.807) is 25.1 Å². The molecule has 0 aromatic heterocycles. The molecule has 1 fully saturated rings. The van der Waals surface area contributed by atoms with E-state index in [9.17, 15) is 13.5 Å². The lowest BCUT2D eigenvalue weighted by Crippen LogP contribution is -2.37. The van der Waals surface area contributed by atoms with E-state index in [1.165, 1.54) is 4.31 Å². The number of nitrogens with zero attached hydrogens (tertiary/aromatic N) is 1. The number of hydrogen-bond acceptors (Lipinski definition) is 4. The van der Waals surface area contributed by atoms with Gasteiger partial charge in [0.05, 0.1) is 17.6 Å². The van der Waals surface area contributed by atoms with Crippen molar-refractivity contribution in [2.24, 2.45) is 0 Å². The smallest absolute Gasteiger partial charge is 0.243 e. The Kier molecular flexibility index (Phi) is 5.37. The van der Waals surface area contributed by atoms with Crippen molar-refractivity contribution in [1.29, 1.82) is 0 Å². The van der Waals surface area contributed by atoms with Crippen molar-refractivity contribution in [3.05, 3.63) is 29.3 Å². The van der Waals surface area contributed by atoms with Crippen LogP contribution >= 0.6 is 0 Å². The first-order valence-corrected chi connectivity index (χ1v) is 8.75. The Bertz CT molecular complexity index is 579. The number of sulfonamides is 1. The van der Waals surface area contributed by atoms with E-state index in [0.29, 0.717) is 30.8 Å². The van der Waals surface area contributed by atoms with Crippen LogP contribution in [0.1, 0.15) is 30.9 Å². The number of rotatable bonds is 6. The molecule has 1 aliphatic rings. The summed E-state index contributed by atoms with van der Waals surface area (Å²) in [4.78, 5) is 0.272. The van der Waals surface area contributed by atoms with Gasteiger partial charge in [-0.2, -0.15) is 4.31 Å². The zero-order valence-corrected chi connectivity index (χ0v) is 13.4. The zero-order chi connectivity index (χ0) is 15.5. The first-order chi connectivity index (χ1) is 9.98. The first-order valence-electron chi connectivity index (χ1n) is 7.31. The predicted octanol–water partition coefficient (Wildman–Crippen LogP) is 1.68. The molecule has 118 valence electrons. The molecule has 1 aromatic carbocycles. The van der Waals surface area contributed by atoms with E-state index in [1.807, 2.05) is 6.92 Å². The fraction of sp³-hybridized carbons (Fsp3) is 0.600. The van der Waals surface area contributed by atoms with Crippen LogP contribution in [0.2, 0.25) is 0 Å². The third-order valence-electron chi connectivity index (χ3n) is 3.84. The average Bonchev–Trinajstić information content (AvgIpc) is 2.98. The van der Waals surface area contributed by atoms with Crippen molar-refractivity contribution < 1.29 is 18.3 Å². The third kappa shape index (κ3) is 3.63. The quantitative estimate of drug-likeness (QED) is 0.867. The van der Waals surface area contributed by atoms with Gasteiger partial charge in [0.1, 0.15) is 0 Å². The zero-order valence-electron chi connectivity index (χ0n) is 12.6. The van der Waals surface area contributed by atoms with Crippen LogP contribution in [0.3, 0.4) is 0 Å². The molecular formula is C15H23NO4S. The van der Waals surface area contributed by atoms with Gasteiger partial charge in [-0.25, -0.2) is 8.42 Å². The van der Waals surface area contributed by atoms with Crippen molar-refractivity contribution in [1.82, 2.24) is 4.31 Å². The second kappa shape index (κ2) is 6.87. The Morgan fingerprint density at radius 1 is 1.43 bits per heavy atom. The summed E-state index contributed by atoms with van der Waals surface area (Å²) in [6.07, 6.45) is 1.88. The highest BCUT2D eigenvalue weighted by Gasteiger charge is 2.29. The molecule has 0 radical (unpaired) electrons. The summed E-state index contributed by atoms with van der Waals surface area (Å²) in [6.45, 7) is 4.94. The molecule has 2 rings (SSSR count). The molecule has 1 aromatic rings. The SMILES string of the molecule is CCN(CC1CCCO1)S(=O)(=O)c1cc(CO)ccc1C. The van der Waals surface area contributed by atoms with Crippen molar-refractivity contribution in [3.63, 3.8) is 0 Å². The Morgan fingerprint density at radius 2 is 2.19 bits per heavy atom. The van der Waals surface area contributed by atoms with Crippen LogP contribution < -0.4 is 0 Å². The Hall–Kier alpha value is -0.950. The molecule has 0 amide bonds. The van der Waals surface area contributed by atoms with Crippen molar-refractivity contribution >= 4 is 10.0 Å². The lowest BCUT2D eigenvalue weighted by atomic mass is 10.2. The van der Waals surface area contributed by atoms with Crippen LogP contribution in [-0.2, 0) is 21.4 Å². The van der Waals surface area contributed by atoms with Crippen LogP contribution in [-0.4, -0.2) is 43.6 Å². The lowest BCUT2D eigenvalue weighted by molar-refractivity contribution is 0.0946. The van der Waals surface area contributed by atoms with E-state index in [4.69, 9.17) is 4.74 Å². The highest BCUT2D eigenvalue weighted by molar-refractivity contribution is 7.89. The molecule has 1 aliphatic heterocycles. The lowest BCUT2D eigenvalue weighted by Gasteiger charge is -2.24. The predicted molar refractivity (Wildman–Crippen MR) is 80.5 cm³/mol. The van der Waals surface area contributed by atoms with Gasteiger partial charge < -0.3 is 9.84 Å². The minimum absolute atomic E-state index is 0.0129. The summed E-state index contributed by atoms with van der Waals surface area (Å²) in [7, 11) is -3.56. The molecule has 1 unspecified atom stereocenters. The number of aliphatic hydroxyl groups excluding tert-OH is 1. The van der Waals surface area contributed by atoms with Gasteiger partial charge in [0, 0.05) is 19.7 Å². The highest BCUT2D eigenvalue weighted by Crippen LogP contribution is 2.23. The number of benzene rings is 1. The molecule has 6 heteroatoms. The van der Waals surface area contributed by atoms with Crippen LogP contribution in [0.5, 0.6) is 0 Å². The van der Waals surface area contributed by atoms with Crippen molar-refractivity contribution in [2.75, 3.05) is 19.7 Å². The Morgan fingerprint density at radius 3 is 2.76 bits per heavy atom. The molecule has 1 heterocycles. The Labute approximate surface area is 126 Å². The molecule has 0 bridgehead atoms.